The Balaban J connectivity index is 1.84. The Hall–Kier alpha value is -3.65. The number of benzene rings is 3. The van der Waals surface area contributed by atoms with Crippen LogP contribution in [0.25, 0.3) is 0 Å². The van der Waals surface area contributed by atoms with Crippen molar-refractivity contribution in [3.8, 4) is 0 Å². The molecule has 0 heterocycles. The molecule has 0 aliphatic heterocycles. The molecule has 3 rings (SSSR count). The molecule has 0 unspecified atom stereocenters. The van der Waals surface area contributed by atoms with Gasteiger partial charge in [0.1, 0.15) is 6.04 Å². The monoisotopic (exact) mass is 535 g/mol. The lowest BCUT2D eigenvalue weighted by molar-refractivity contribution is -0.141. The van der Waals surface area contributed by atoms with Gasteiger partial charge in [0.15, 0.2) is 0 Å². The first-order valence-electron chi connectivity index (χ1n) is 12.7. The second-order valence-electron chi connectivity index (χ2n) is 9.48. The minimum Gasteiger partial charge on any atom is -0.357 e. The summed E-state index contributed by atoms with van der Waals surface area (Å²) in [6.07, 6.45) is 1.97. The summed E-state index contributed by atoms with van der Waals surface area (Å²) in [5.41, 5.74) is 4.36. The van der Waals surface area contributed by atoms with Crippen molar-refractivity contribution in [3.63, 3.8) is 0 Å². The predicted molar refractivity (Wildman–Crippen MR) is 152 cm³/mol. The van der Waals surface area contributed by atoms with E-state index in [1.165, 1.54) is 10.6 Å². The van der Waals surface area contributed by atoms with E-state index in [0.717, 1.165) is 22.3 Å². The minimum atomic E-state index is -3.55. The first-order chi connectivity index (χ1) is 18.1. The Morgan fingerprint density at radius 3 is 2.05 bits per heavy atom. The number of carbonyl (C=O) groups is 2. The number of likely N-dealkylation sites (N-methyl/N-ethyl adjacent to an activating group) is 1. The maximum Gasteiger partial charge on any atom is 0.242 e. The number of sulfonamides is 1. The lowest BCUT2D eigenvalue weighted by Gasteiger charge is -2.31. The van der Waals surface area contributed by atoms with E-state index in [-0.39, 0.29) is 31.3 Å². The Bertz CT molecular complexity index is 1330. The third kappa shape index (κ3) is 7.68. The van der Waals surface area contributed by atoms with E-state index in [2.05, 4.69) is 5.32 Å². The molecule has 0 aliphatic carbocycles. The summed E-state index contributed by atoms with van der Waals surface area (Å²) < 4.78 is 26.7. The largest absolute Gasteiger partial charge is 0.357 e. The maximum absolute atomic E-state index is 13.7. The SMILES string of the molecule is CNC(=O)[C@@H](Cc1ccccc1)N(Cc1ccccc1)C(=O)CCCN(c1cccc(C)c1C)S(C)(=O)=O. The van der Waals surface area contributed by atoms with Crippen molar-refractivity contribution in [3.05, 3.63) is 101 Å². The van der Waals surface area contributed by atoms with E-state index in [1.54, 1.807) is 18.0 Å². The number of anilines is 1. The van der Waals surface area contributed by atoms with Gasteiger partial charge >= 0.3 is 0 Å². The summed E-state index contributed by atoms with van der Waals surface area (Å²) in [6.45, 7) is 4.28. The lowest BCUT2D eigenvalue weighted by atomic mass is 10.0. The molecule has 0 aromatic heterocycles. The first kappa shape index (κ1) is 28.9. The molecule has 7 nitrogen and oxygen atoms in total. The summed E-state index contributed by atoms with van der Waals surface area (Å²) in [5.74, 6) is -0.445. The average Bonchev–Trinajstić information content (AvgIpc) is 2.90. The molecule has 2 amide bonds. The zero-order chi connectivity index (χ0) is 27.7. The maximum atomic E-state index is 13.7. The number of aryl methyl sites for hydroxylation is 1. The van der Waals surface area contributed by atoms with Gasteiger partial charge in [-0.2, -0.15) is 0 Å². The van der Waals surface area contributed by atoms with Crippen molar-refractivity contribution in [2.24, 2.45) is 0 Å². The number of nitrogens with zero attached hydrogens (tertiary/aromatic N) is 2. The fourth-order valence-corrected chi connectivity index (χ4v) is 5.50. The molecule has 1 atom stereocenters. The molecule has 8 heteroatoms. The predicted octanol–water partition coefficient (Wildman–Crippen LogP) is 4.24. The smallest absolute Gasteiger partial charge is 0.242 e. The van der Waals surface area contributed by atoms with Crippen LogP contribution in [0.4, 0.5) is 5.69 Å². The molecular formula is C30H37N3O4S. The normalized spacial score (nSPS) is 12.0. The Morgan fingerprint density at radius 2 is 1.47 bits per heavy atom. The highest BCUT2D eigenvalue weighted by molar-refractivity contribution is 7.92. The van der Waals surface area contributed by atoms with Gasteiger partial charge < -0.3 is 10.2 Å². The second-order valence-corrected chi connectivity index (χ2v) is 11.4. The van der Waals surface area contributed by atoms with Gasteiger partial charge in [-0.05, 0) is 48.6 Å². The first-order valence-corrected chi connectivity index (χ1v) is 14.6. The molecule has 0 aliphatic rings. The van der Waals surface area contributed by atoms with Crippen LogP contribution in [0.2, 0.25) is 0 Å². The Morgan fingerprint density at radius 1 is 0.868 bits per heavy atom. The van der Waals surface area contributed by atoms with Crippen LogP contribution < -0.4 is 9.62 Å². The number of rotatable bonds is 12. The van der Waals surface area contributed by atoms with E-state index in [0.29, 0.717) is 18.5 Å². The highest BCUT2D eigenvalue weighted by Crippen LogP contribution is 2.25. The molecule has 0 fully saturated rings. The summed E-state index contributed by atoms with van der Waals surface area (Å²) in [7, 11) is -1.98. The Kier molecular flexibility index (Phi) is 10.1. The van der Waals surface area contributed by atoms with Crippen LogP contribution in [-0.2, 0) is 32.6 Å². The number of carbonyl (C=O) groups excluding carboxylic acids is 2. The van der Waals surface area contributed by atoms with E-state index < -0.39 is 16.1 Å². The highest BCUT2D eigenvalue weighted by atomic mass is 32.2. The minimum absolute atomic E-state index is 0.103. The van der Waals surface area contributed by atoms with E-state index in [1.807, 2.05) is 86.6 Å². The molecule has 3 aromatic carbocycles. The van der Waals surface area contributed by atoms with Crippen molar-refractivity contribution in [2.45, 2.75) is 45.7 Å². The fraction of sp³-hybridized carbons (Fsp3) is 0.333. The van der Waals surface area contributed by atoms with Gasteiger partial charge in [-0.25, -0.2) is 8.42 Å². The van der Waals surface area contributed by atoms with Crippen LogP contribution >= 0.6 is 0 Å². The van der Waals surface area contributed by atoms with Crippen LogP contribution in [0.15, 0.2) is 78.9 Å². The van der Waals surface area contributed by atoms with Crippen LogP contribution in [0.1, 0.15) is 35.1 Å². The second kappa shape index (κ2) is 13.2. The zero-order valence-corrected chi connectivity index (χ0v) is 23.4. The molecule has 202 valence electrons. The van der Waals surface area contributed by atoms with E-state index in [4.69, 9.17) is 0 Å². The van der Waals surface area contributed by atoms with E-state index >= 15 is 0 Å². The molecule has 3 aromatic rings. The van der Waals surface area contributed by atoms with E-state index in [9.17, 15) is 18.0 Å². The third-order valence-corrected chi connectivity index (χ3v) is 7.89. The summed E-state index contributed by atoms with van der Waals surface area (Å²) in [5, 5.41) is 2.71. The van der Waals surface area contributed by atoms with Crippen molar-refractivity contribution < 1.29 is 18.0 Å². The average molecular weight is 536 g/mol. The van der Waals surface area contributed by atoms with Crippen molar-refractivity contribution in [1.29, 1.82) is 0 Å². The topological polar surface area (TPSA) is 86.8 Å². The van der Waals surface area contributed by atoms with Gasteiger partial charge in [-0.15, -0.1) is 0 Å². The summed E-state index contributed by atoms with van der Waals surface area (Å²) >= 11 is 0. The van der Waals surface area contributed by atoms with Crippen molar-refractivity contribution >= 4 is 27.5 Å². The molecule has 0 saturated heterocycles. The van der Waals surface area contributed by atoms with Crippen molar-refractivity contribution in [1.82, 2.24) is 10.2 Å². The fourth-order valence-electron chi connectivity index (χ4n) is 4.49. The van der Waals surface area contributed by atoms with Crippen LogP contribution in [0.3, 0.4) is 0 Å². The van der Waals surface area contributed by atoms with Gasteiger partial charge in [0.2, 0.25) is 21.8 Å². The van der Waals surface area contributed by atoms with Gasteiger partial charge in [-0.3, -0.25) is 13.9 Å². The summed E-state index contributed by atoms with van der Waals surface area (Å²) in [4.78, 5) is 28.3. The van der Waals surface area contributed by atoms with Crippen LogP contribution in [0, 0.1) is 13.8 Å². The molecular weight excluding hydrogens is 498 g/mol. The molecule has 0 spiro atoms. The summed E-state index contributed by atoms with van der Waals surface area (Å²) in [6, 6.07) is 24.0. The lowest BCUT2D eigenvalue weighted by Crippen LogP contribution is -2.49. The molecule has 0 bridgehead atoms. The third-order valence-electron chi connectivity index (χ3n) is 6.71. The number of hydrogen-bond donors (Lipinski definition) is 1. The quantitative estimate of drug-likeness (QED) is 0.376. The number of hydrogen-bond acceptors (Lipinski definition) is 4. The number of nitrogens with one attached hydrogen (secondary N) is 1. The van der Waals surface area contributed by atoms with Crippen molar-refractivity contribution in [2.75, 3.05) is 24.2 Å². The van der Waals surface area contributed by atoms with Gasteiger partial charge in [0.25, 0.3) is 0 Å². The molecule has 0 radical (unpaired) electrons. The van der Waals surface area contributed by atoms with Crippen LogP contribution in [-0.4, -0.2) is 51.0 Å². The number of amides is 2. The molecule has 1 N–H and O–H groups in total. The van der Waals surface area contributed by atoms with Gasteiger partial charge in [0, 0.05) is 33.0 Å². The standard InChI is InChI=1S/C30H37N3O4S/c1-23-13-11-18-27(24(23)2)33(38(4,36)37)20-12-19-29(34)32(22-26-16-9-6-10-17-26)28(30(35)31-3)21-25-14-7-5-8-15-25/h5-11,13-18,28H,12,19-22H2,1-4H3,(H,31,35)/t28-/m1/s1. The highest BCUT2D eigenvalue weighted by Gasteiger charge is 2.30. The Labute approximate surface area is 226 Å². The molecule has 0 saturated carbocycles. The zero-order valence-electron chi connectivity index (χ0n) is 22.6. The van der Waals surface area contributed by atoms with Crippen LogP contribution in [0.5, 0.6) is 0 Å². The van der Waals surface area contributed by atoms with Gasteiger partial charge in [0.05, 0.1) is 11.9 Å². The molecule has 38 heavy (non-hydrogen) atoms. The van der Waals surface area contributed by atoms with Gasteiger partial charge in [-0.1, -0.05) is 72.8 Å².